The first kappa shape index (κ1) is 8.70. The van der Waals surface area contributed by atoms with Crippen LogP contribution in [0.4, 0.5) is 5.69 Å². The van der Waals surface area contributed by atoms with Gasteiger partial charge in [-0.1, -0.05) is 0 Å². The highest BCUT2D eigenvalue weighted by Crippen LogP contribution is 2.21. The number of benzene rings is 1. The molecule has 60 valence electrons. The fourth-order valence-electron chi connectivity index (χ4n) is 0.616. The zero-order chi connectivity index (χ0) is 8.43. The summed E-state index contributed by atoms with van der Waals surface area (Å²) in [5, 5.41) is 0. The first-order chi connectivity index (χ1) is 5.11. The molecule has 1 aromatic rings. The van der Waals surface area contributed by atoms with Crippen molar-refractivity contribution < 1.29 is 8.76 Å². The van der Waals surface area contributed by atoms with Crippen molar-refractivity contribution in [2.24, 2.45) is 0 Å². The normalized spacial score (nSPS) is 12.9. The zero-order valence-electron chi connectivity index (χ0n) is 5.45. The standard InChI is InChI=1S/C6H6BrNO2S/c7-5-3-4(11(9)10)1-2-6(5)8/h1-3H,8H2,(H,9,10). The maximum atomic E-state index is 10.5. The topological polar surface area (TPSA) is 63.3 Å². The van der Waals surface area contributed by atoms with Gasteiger partial charge in [0.05, 0.1) is 4.90 Å². The molecule has 0 amide bonds. The van der Waals surface area contributed by atoms with E-state index in [1.165, 1.54) is 12.1 Å². The SMILES string of the molecule is Nc1ccc(S(=O)O)cc1Br. The lowest BCUT2D eigenvalue weighted by molar-refractivity contribution is 0.564. The van der Waals surface area contributed by atoms with Crippen molar-refractivity contribution >= 4 is 32.7 Å². The molecule has 1 unspecified atom stereocenters. The van der Waals surface area contributed by atoms with Crippen LogP contribution in [0.1, 0.15) is 0 Å². The summed E-state index contributed by atoms with van der Waals surface area (Å²) in [4.78, 5) is 0.339. The third kappa shape index (κ3) is 2.02. The first-order valence-electron chi connectivity index (χ1n) is 2.77. The monoisotopic (exact) mass is 235 g/mol. The van der Waals surface area contributed by atoms with E-state index in [-0.39, 0.29) is 0 Å². The quantitative estimate of drug-likeness (QED) is 0.575. The third-order valence-electron chi connectivity index (χ3n) is 1.17. The molecular formula is C6H6BrNO2S. The Kier molecular flexibility index (Phi) is 2.64. The van der Waals surface area contributed by atoms with E-state index in [0.717, 1.165) is 0 Å². The van der Waals surface area contributed by atoms with Gasteiger partial charge in [0.1, 0.15) is 0 Å². The van der Waals surface area contributed by atoms with Gasteiger partial charge in [-0.2, -0.15) is 0 Å². The largest absolute Gasteiger partial charge is 0.398 e. The molecular weight excluding hydrogens is 230 g/mol. The number of rotatable bonds is 1. The molecule has 3 N–H and O–H groups in total. The van der Waals surface area contributed by atoms with Crippen LogP contribution in [0.15, 0.2) is 27.6 Å². The average molecular weight is 236 g/mol. The highest BCUT2D eigenvalue weighted by Gasteiger charge is 2.01. The van der Waals surface area contributed by atoms with E-state index in [9.17, 15) is 4.21 Å². The van der Waals surface area contributed by atoms with E-state index in [1.807, 2.05) is 0 Å². The molecule has 3 nitrogen and oxygen atoms in total. The molecule has 0 fully saturated rings. The van der Waals surface area contributed by atoms with E-state index in [1.54, 1.807) is 6.07 Å². The smallest absolute Gasteiger partial charge is 0.186 e. The van der Waals surface area contributed by atoms with E-state index in [4.69, 9.17) is 10.3 Å². The van der Waals surface area contributed by atoms with E-state index in [2.05, 4.69) is 15.9 Å². The van der Waals surface area contributed by atoms with Gasteiger partial charge in [-0.25, -0.2) is 4.21 Å². The lowest BCUT2D eigenvalue weighted by Gasteiger charge is -1.98. The molecule has 0 spiro atoms. The predicted octanol–water partition coefficient (Wildman–Crippen LogP) is 1.61. The minimum atomic E-state index is -1.93. The van der Waals surface area contributed by atoms with Crippen LogP contribution in [0.3, 0.4) is 0 Å². The summed E-state index contributed by atoms with van der Waals surface area (Å²) < 4.78 is 19.8. The number of hydrogen-bond acceptors (Lipinski definition) is 2. The molecule has 0 aliphatic heterocycles. The summed E-state index contributed by atoms with van der Waals surface area (Å²) in [6.07, 6.45) is 0. The van der Waals surface area contributed by atoms with Crippen molar-refractivity contribution in [3.8, 4) is 0 Å². The summed E-state index contributed by atoms with van der Waals surface area (Å²) in [5.74, 6) is 0. The number of nitrogens with two attached hydrogens (primary N) is 1. The highest BCUT2D eigenvalue weighted by molar-refractivity contribution is 9.10. The molecule has 0 saturated heterocycles. The van der Waals surface area contributed by atoms with Crippen LogP contribution in [-0.4, -0.2) is 8.76 Å². The molecule has 0 bridgehead atoms. The molecule has 1 rings (SSSR count). The van der Waals surface area contributed by atoms with Crippen molar-refractivity contribution in [3.63, 3.8) is 0 Å². The lowest BCUT2D eigenvalue weighted by Crippen LogP contribution is -1.91. The fourth-order valence-corrected chi connectivity index (χ4v) is 1.55. The molecule has 0 aromatic heterocycles. The van der Waals surface area contributed by atoms with E-state index < -0.39 is 11.1 Å². The Labute approximate surface area is 75.0 Å². The van der Waals surface area contributed by atoms with Crippen molar-refractivity contribution in [1.82, 2.24) is 0 Å². The Morgan fingerprint density at radius 1 is 1.55 bits per heavy atom. The van der Waals surface area contributed by atoms with Crippen LogP contribution in [-0.2, 0) is 11.1 Å². The summed E-state index contributed by atoms with van der Waals surface area (Å²) in [6.45, 7) is 0. The number of halogens is 1. The summed E-state index contributed by atoms with van der Waals surface area (Å²) in [5.41, 5.74) is 6.02. The molecule has 0 aliphatic carbocycles. The number of nitrogen functional groups attached to an aromatic ring is 1. The van der Waals surface area contributed by atoms with Gasteiger partial charge < -0.3 is 10.3 Å². The van der Waals surface area contributed by atoms with Crippen LogP contribution >= 0.6 is 15.9 Å². The highest BCUT2D eigenvalue weighted by atomic mass is 79.9. The van der Waals surface area contributed by atoms with Crippen LogP contribution < -0.4 is 5.73 Å². The Balaban J connectivity index is 3.15. The molecule has 1 aromatic carbocycles. The van der Waals surface area contributed by atoms with Crippen LogP contribution in [0.5, 0.6) is 0 Å². The van der Waals surface area contributed by atoms with Gasteiger partial charge in [0.25, 0.3) is 0 Å². The fraction of sp³-hybridized carbons (Fsp3) is 0. The van der Waals surface area contributed by atoms with Crippen molar-refractivity contribution in [2.75, 3.05) is 5.73 Å². The summed E-state index contributed by atoms with van der Waals surface area (Å²) >= 11 is 1.21. The van der Waals surface area contributed by atoms with Crippen molar-refractivity contribution in [1.29, 1.82) is 0 Å². The Bertz CT molecular complexity index is 303. The average Bonchev–Trinajstić information content (AvgIpc) is 1.94. The molecule has 11 heavy (non-hydrogen) atoms. The molecule has 0 aliphatic rings. The third-order valence-corrected chi connectivity index (χ3v) is 2.52. The number of anilines is 1. The van der Waals surface area contributed by atoms with E-state index in [0.29, 0.717) is 15.1 Å². The predicted molar refractivity (Wildman–Crippen MR) is 47.6 cm³/mol. The lowest BCUT2D eigenvalue weighted by atomic mass is 10.3. The Hall–Kier alpha value is -0.390. The van der Waals surface area contributed by atoms with Gasteiger partial charge in [0, 0.05) is 10.2 Å². The maximum Gasteiger partial charge on any atom is 0.186 e. The minimum Gasteiger partial charge on any atom is -0.398 e. The van der Waals surface area contributed by atoms with Gasteiger partial charge in [-0.3, -0.25) is 0 Å². The van der Waals surface area contributed by atoms with Gasteiger partial charge in [-0.05, 0) is 34.1 Å². The first-order valence-corrected chi connectivity index (χ1v) is 4.67. The molecule has 1 atom stereocenters. The molecule has 5 heteroatoms. The van der Waals surface area contributed by atoms with Gasteiger partial charge in [0.2, 0.25) is 0 Å². The zero-order valence-corrected chi connectivity index (χ0v) is 7.85. The molecule has 0 radical (unpaired) electrons. The second-order valence-corrected chi connectivity index (χ2v) is 3.76. The van der Waals surface area contributed by atoms with Gasteiger partial charge in [0.15, 0.2) is 11.1 Å². The second-order valence-electron chi connectivity index (χ2n) is 1.93. The van der Waals surface area contributed by atoms with Crippen molar-refractivity contribution in [2.45, 2.75) is 4.90 Å². The van der Waals surface area contributed by atoms with E-state index >= 15 is 0 Å². The Morgan fingerprint density at radius 2 is 2.18 bits per heavy atom. The van der Waals surface area contributed by atoms with Crippen LogP contribution in [0.2, 0.25) is 0 Å². The molecule has 0 heterocycles. The van der Waals surface area contributed by atoms with Crippen LogP contribution in [0, 0.1) is 0 Å². The van der Waals surface area contributed by atoms with Gasteiger partial charge in [-0.15, -0.1) is 0 Å². The number of hydrogen-bond donors (Lipinski definition) is 2. The van der Waals surface area contributed by atoms with Crippen LogP contribution in [0.25, 0.3) is 0 Å². The summed E-state index contributed by atoms with van der Waals surface area (Å²) in [6, 6.07) is 4.61. The summed E-state index contributed by atoms with van der Waals surface area (Å²) in [7, 11) is 0. The second kappa shape index (κ2) is 3.34. The minimum absolute atomic E-state index is 0.339. The Morgan fingerprint density at radius 3 is 2.64 bits per heavy atom. The maximum absolute atomic E-state index is 10.5. The van der Waals surface area contributed by atoms with Gasteiger partial charge >= 0.3 is 0 Å². The van der Waals surface area contributed by atoms with Crippen molar-refractivity contribution in [3.05, 3.63) is 22.7 Å². The molecule has 0 saturated carbocycles.